The number of rotatable bonds is 4. The van der Waals surface area contributed by atoms with E-state index in [0.717, 1.165) is 31.9 Å². The Hall–Kier alpha value is -1.23. The van der Waals surface area contributed by atoms with Gasteiger partial charge in [-0.1, -0.05) is 24.5 Å². The third-order valence-corrected chi connectivity index (χ3v) is 4.02. The van der Waals surface area contributed by atoms with Crippen LogP contribution in [-0.2, 0) is 11.3 Å². The Balaban J connectivity index is 1.53. The standard InChI is InChI=1S/C14H22N4O/c1-2-4-13(5-3-1)15-8-14-10-18(17-16-14)9-12-6-7-19-11-12/h8,10,12-13H,1-7,9,11H2. The van der Waals surface area contributed by atoms with Crippen molar-refractivity contribution in [2.24, 2.45) is 10.9 Å². The molecule has 0 aromatic carbocycles. The quantitative estimate of drug-likeness (QED) is 0.780. The molecule has 19 heavy (non-hydrogen) atoms. The normalized spacial score (nSPS) is 25.4. The minimum atomic E-state index is 0.502. The SMILES string of the molecule is C(=NC1CCCCC1)c1cn(CC2CCOC2)nn1. The second-order valence-electron chi connectivity index (χ2n) is 5.67. The van der Waals surface area contributed by atoms with Crippen molar-refractivity contribution in [1.29, 1.82) is 0 Å². The fourth-order valence-electron chi connectivity index (χ4n) is 2.87. The third-order valence-electron chi connectivity index (χ3n) is 4.02. The molecule has 1 aromatic rings. The van der Waals surface area contributed by atoms with E-state index in [4.69, 9.17) is 4.74 Å². The minimum Gasteiger partial charge on any atom is -0.381 e. The molecule has 5 nitrogen and oxygen atoms in total. The topological polar surface area (TPSA) is 52.3 Å². The first-order chi connectivity index (χ1) is 9.40. The van der Waals surface area contributed by atoms with Gasteiger partial charge in [0.05, 0.1) is 25.1 Å². The van der Waals surface area contributed by atoms with Crippen LogP contribution in [0, 0.1) is 5.92 Å². The van der Waals surface area contributed by atoms with Crippen LogP contribution in [-0.4, -0.2) is 40.5 Å². The summed E-state index contributed by atoms with van der Waals surface area (Å²) in [5, 5.41) is 8.33. The average Bonchev–Trinajstić information content (AvgIpc) is 3.10. The average molecular weight is 262 g/mol. The molecular weight excluding hydrogens is 240 g/mol. The molecule has 0 N–H and O–H groups in total. The number of hydrogen-bond donors (Lipinski definition) is 0. The zero-order valence-electron chi connectivity index (χ0n) is 11.4. The molecule has 3 rings (SSSR count). The molecule has 104 valence electrons. The Morgan fingerprint density at radius 2 is 2.21 bits per heavy atom. The summed E-state index contributed by atoms with van der Waals surface area (Å²) in [5.74, 6) is 0.588. The molecule has 0 radical (unpaired) electrons. The van der Waals surface area contributed by atoms with E-state index in [1.807, 2.05) is 17.1 Å². The number of hydrogen-bond acceptors (Lipinski definition) is 4. The van der Waals surface area contributed by atoms with E-state index in [2.05, 4.69) is 15.3 Å². The Labute approximate surface area is 114 Å². The van der Waals surface area contributed by atoms with Crippen molar-refractivity contribution in [2.45, 2.75) is 51.1 Å². The molecule has 2 fully saturated rings. The summed E-state index contributed by atoms with van der Waals surface area (Å²) in [7, 11) is 0. The lowest BCUT2D eigenvalue weighted by atomic mass is 9.96. The molecule has 1 aliphatic heterocycles. The molecule has 1 aromatic heterocycles. The molecule has 1 atom stereocenters. The Morgan fingerprint density at radius 1 is 1.32 bits per heavy atom. The zero-order chi connectivity index (χ0) is 12.9. The van der Waals surface area contributed by atoms with Gasteiger partial charge in [0.1, 0.15) is 5.69 Å². The van der Waals surface area contributed by atoms with Crippen molar-refractivity contribution in [3.63, 3.8) is 0 Å². The molecule has 0 spiro atoms. The second-order valence-corrected chi connectivity index (χ2v) is 5.67. The molecule has 1 unspecified atom stereocenters. The third kappa shape index (κ3) is 3.62. The van der Waals surface area contributed by atoms with Crippen LogP contribution in [0.15, 0.2) is 11.2 Å². The number of ether oxygens (including phenoxy) is 1. The lowest BCUT2D eigenvalue weighted by molar-refractivity contribution is 0.181. The van der Waals surface area contributed by atoms with E-state index in [0.29, 0.717) is 12.0 Å². The van der Waals surface area contributed by atoms with Crippen LogP contribution in [0.5, 0.6) is 0 Å². The fourth-order valence-corrected chi connectivity index (χ4v) is 2.87. The molecule has 0 amide bonds. The van der Waals surface area contributed by atoms with Gasteiger partial charge in [-0.05, 0) is 19.3 Å². The highest BCUT2D eigenvalue weighted by atomic mass is 16.5. The smallest absolute Gasteiger partial charge is 0.123 e. The van der Waals surface area contributed by atoms with E-state index in [9.17, 15) is 0 Å². The lowest BCUT2D eigenvalue weighted by Gasteiger charge is -2.16. The van der Waals surface area contributed by atoms with Crippen LogP contribution in [0.3, 0.4) is 0 Å². The van der Waals surface area contributed by atoms with Crippen LogP contribution >= 0.6 is 0 Å². The maximum absolute atomic E-state index is 5.38. The monoisotopic (exact) mass is 262 g/mol. The summed E-state index contributed by atoms with van der Waals surface area (Å²) in [6.07, 6.45) is 11.5. The first-order valence-electron chi connectivity index (χ1n) is 7.41. The number of aliphatic imine (C=N–C) groups is 1. The molecule has 1 saturated carbocycles. The molecule has 2 aliphatic rings. The molecule has 5 heteroatoms. The first kappa shape index (κ1) is 12.8. The van der Waals surface area contributed by atoms with Crippen molar-refractivity contribution < 1.29 is 4.74 Å². The predicted molar refractivity (Wildman–Crippen MR) is 73.4 cm³/mol. The summed E-state index contributed by atoms with van der Waals surface area (Å²) >= 11 is 0. The Kier molecular flexibility index (Phi) is 4.23. The van der Waals surface area contributed by atoms with Gasteiger partial charge < -0.3 is 4.74 Å². The highest BCUT2D eigenvalue weighted by Crippen LogP contribution is 2.20. The fraction of sp³-hybridized carbons (Fsp3) is 0.786. The van der Waals surface area contributed by atoms with Crippen molar-refractivity contribution in [2.75, 3.05) is 13.2 Å². The minimum absolute atomic E-state index is 0.502. The van der Waals surface area contributed by atoms with Crippen LogP contribution in [0.2, 0.25) is 0 Å². The summed E-state index contributed by atoms with van der Waals surface area (Å²) < 4.78 is 7.29. The maximum atomic E-state index is 5.38. The van der Waals surface area contributed by atoms with Crippen LogP contribution < -0.4 is 0 Å². The van der Waals surface area contributed by atoms with Crippen molar-refractivity contribution in [3.8, 4) is 0 Å². The van der Waals surface area contributed by atoms with Gasteiger partial charge in [0.2, 0.25) is 0 Å². The van der Waals surface area contributed by atoms with Gasteiger partial charge in [-0.3, -0.25) is 9.67 Å². The number of aromatic nitrogens is 3. The van der Waals surface area contributed by atoms with E-state index in [-0.39, 0.29) is 0 Å². The predicted octanol–water partition coefficient (Wildman–Crippen LogP) is 2.07. The van der Waals surface area contributed by atoms with E-state index in [1.54, 1.807) is 0 Å². The highest BCUT2D eigenvalue weighted by molar-refractivity contribution is 5.76. The van der Waals surface area contributed by atoms with Gasteiger partial charge in [-0.25, -0.2) is 0 Å². The summed E-state index contributed by atoms with van der Waals surface area (Å²) in [4.78, 5) is 4.63. The molecular formula is C14H22N4O. The van der Waals surface area contributed by atoms with Crippen LogP contribution in [0.4, 0.5) is 0 Å². The largest absolute Gasteiger partial charge is 0.381 e. The van der Waals surface area contributed by atoms with Crippen molar-refractivity contribution in [3.05, 3.63) is 11.9 Å². The van der Waals surface area contributed by atoms with E-state index < -0.39 is 0 Å². The summed E-state index contributed by atoms with van der Waals surface area (Å²) in [6.45, 7) is 2.64. The molecule has 1 saturated heterocycles. The van der Waals surface area contributed by atoms with Crippen LogP contribution in [0.25, 0.3) is 0 Å². The zero-order valence-corrected chi connectivity index (χ0v) is 11.4. The van der Waals surface area contributed by atoms with E-state index in [1.165, 1.54) is 32.1 Å². The van der Waals surface area contributed by atoms with Gasteiger partial charge in [-0.2, -0.15) is 0 Å². The van der Waals surface area contributed by atoms with E-state index >= 15 is 0 Å². The Bertz CT molecular complexity index is 417. The van der Waals surface area contributed by atoms with Gasteiger partial charge in [0, 0.05) is 19.1 Å². The van der Waals surface area contributed by atoms with Gasteiger partial charge in [-0.15, -0.1) is 5.10 Å². The van der Waals surface area contributed by atoms with Gasteiger partial charge in [0.15, 0.2) is 0 Å². The first-order valence-corrected chi connectivity index (χ1v) is 7.41. The van der Waals surface area contributed by atoms with Crippen molar-refractivity contribution >= 4 is 6.21 Å². The summed E-state index contributed by atoms with van der Waals surface area (Å²) in [5.41, 5.74) is 0.879. The van der Waals surface area contributed by atoms with Crippen molar-refractivity contribution in [1.82, 2.24) is 15.0 Å². The summed E-state index contributed by atoms with van der Waals surface area (Å²) in [6, 6.07) is 0.502. The van der Waals surface area contributed by atoms with Crippen LogP contribution in [0.1, 0.15) is 44.2 Å². The molecule has 1 aliphatic carbocycles. The molecule has 0 bridgehead atoms. The maximum Gasteiger partial charge on any atom is 0.123 e. The molecule has 2 heterocycles. The lowest BCUT2D eigenvalue weighted by Crippen LogP contribution is -2.11. The Morgan fingerprint density at radius 3 is 3.00 bits per heavy atom. The van der Waals surface area contributed by atoms with Gasteiger partial charge in [0.25, 0.3) is 0 Å². The van der Waals surface area contributed by atoms with Gasteiger partial charge >= 0.3 is 0 Å². The highest BCUT2D eigenvalue weighted by Gasteiger charge is 2.16. The number of nitrogens with zero attached hydrogens (tertiary/aromatic N) is 4. The second kappa shape index (κ2) is 6.28.